The van der Waals surface area contributed by atoms with Crippen LogP contribution in [0.3, 0.4) is 0 Å². The zero-order valence-corrected chi connectivity index (χ0v) is 24.6. The molecule has 1 unspecified atom stereocenters. The number of nitrogens with two attached hydrogens (primary N) is 1. The zero-order chi connectivity index (χ0) is 29.4. The summed E-state index contributed by atoms with van der Waals surface area (Å²) in [6.07, 6.45) is 5.26. The molecule has 0 spiro atoms. The molecule has 2 atom stereocenters. The molecule has 11 nitrogen and oxygen atoms in total. The molecule has 0 bridgehead atoms. The predicted octanol–water partition coefficient (Wildman–Crippen LogP) is 4.63. The molecule has 220 valence electrons. The SMILES string of the molecule is COC(C)Cn1c(CN2CCC(c3cccc4c3O[C@@](C)(c3ccc(Cl)cn3)O4)CC2)nc2cc(C(N)=NO)ncc21. The fourth-order valence-corrected chi connectivity index (χ4v) is 5.85. The van der Waals surface area contributed by atoms with Crippen LogP contribution >= 0.6 is 11.6 Å². The van der Waals surface area contributed by atoms with E-state index in [9.17, 15) is 0 Å². The Kier molecular flexibility index (Phi) is 7.65. The third kappa shape index (κ3) is 5.35. The van der Waals surface area contributed by atoms with Gasteiger partial charge in [0.1, 0.15) is 17.2 Å². The van der Waals surface area contributed by atoms with Gasteiger partial charge in [-0.1, -0.05) is 28.9 Å². The van der Waals surface area contributed by atoms with Gasteiger partial charge >= 0.3 is 0 Å². The summed E-state index contributed by atoms with van der Waals surface area (Å²) < 4.78 is 20.4. The molecular formula is C30H34ClN7O4. The number of methoxy groups -OCH3 is 1. The number of para-hydroxylation sites is 1. The average molecular weight is 592 g/mol. The van der Waals surface area contributed by atoms with Crippen LogP contribution in [-0.4, -0.2) is 61.8 Å². The standard InChI is InChI=1S/C30H34ClN7O4/c1-18(40-3)16-38-24-15-33-23(29(32)36-39)13-22(24)35-27(38)17-37-11-9-19(10-12-37)21-5-4-6-25-28(21)42-30(2,41-25)26-8-7-20(31)14-34-26/h4-8,13-15,18-19,39H,9-12,16-17H2,1-3H3,(H2,32,36)/t18?,30-/m0/s1. The molecule has 1 aromatic carbocycles. The third-order valence-corrected chi connectivity index (χ3v) is 8.35. The van der Waals surface area contributed by atoms with Crippen molar-refractivity contribution in [1.29, 1.82) is 0 Å². The van der Waals surface area contributed by atoms with E-state index >= 15 is 0 Å². The van der Waals surface area contributed by atoms with Crippen LogP contribution in [0.4, 0.5) is 0 Å². The first-order chi connectivity index (χ1) is 20.3. The van der Waals surface area contributed by atoms with Crippen molar-refractivity contribution in [2.45, 2.75) is 57.6 Å². The lowest BCUT2D eigenvalue weighted by molar-refractivity contribution is -0.0722. The molecule has 0 radical (unpaired) electrons. The number of pyridine rings is 2. The van der Waals surface area contributed by atoms with Crippen LogP contribution in [0.2, 0.25) is 5.02 Å². The van der Waals surface area contributed by atoms with Crippen molar-refractivity contribution in [2.75, 3.05) is 20.2 Å². The minimum atomic E-state index is -1.01. The second-order valence-electron chi connectivity index (χ2n) is 11.0. The van der Waals surface area contributed by atoms with Crippen LogP contribution < -0.4 is 15.2 Å². The molecule has 1 saturated heterocycles. The van der Waals surface area contributed by atoms with Gasteiger partial charge < -0.3 is 29.7 Å². The van der Waals surface area contributed by atoms with Crippen molar-refractivity contribution >= 4 is 28.5 Å². The summed E-state index contributed by atoms with van der Waals surface area (Å²) in [5.41, 5.74) is 9.62. The van der Waals surface area contributed by atoms with E-state index in [1.807, 2.05) is 32.0 Å². The van der Waals surface area contributed by atoms with Crippen LogP contribution in [0.1, 0.15) is 55.4 Å². The molecule has 3 aromatic heterocycles. The predicted molar refractivity (Wildman–Crippen MR) is 158 cm³/mol. The van der Waals surface area contributed by atoms with E-state index in [4.69, 9.17) is 41.7 Å². The summed E-state index contributed by atoms with van der Waals surface area (Å²) in [6, 6.07) is 11.5. The first kappa shape index (κ1) is 28.2. The van der Waals surface area contributed by atoms with Gasteiger partial charge in [0.05, 0.1) is 41.4 Å². The van der Waals surface area contributed by atoms with E-state index in [1.165, 1.54) is 0 Å². The number of halogens is 1. The molecule has 2 aliphatic heterocycles. The maximum atomic E-state index is 9.08. The van der Waals surface area contributed by atoms with Crippen LogP contribution in [0.15, 0.2) is 53.9 Å². The Bertz CT molecular complexity index is 1620. The third-order valence-electron chi connectivity index (χ3n) is 8.12. The minimum absolute atomic E-state index is 0.00760. The maximum absolute atomic E-state index is 9.08. The monoisotopic (exact) mass is 591 g/mol. The number of benzene rings is 1. The Balaban J connectivity index is 1.18. The highest BCUT2D eigenvalue weighted by atomic mass is 35.5. The van der Waals surface area contributed by atoms with Crippen molar-refractivity contribution in [3.63, 3.8) is 0 Å². The lowest BCUT2D eigenvalue weighted by Gasteiger charge is -2.32. The normalized spacial score (nSPS) is 20.3. The molecule has 0 amide bonds. The summed E-state index contributed by atoms with van der Waals surface area (Å²) >= 11 is 6.04. The lowest BCUT2D eigenvalue weighted by atomic mass is 9.88. The molecule has 6 rings (SSSR count). The number of oxime groups is 1. The zero-order valence-electron chi connectivity index (χ0n) is 23.8. The van der Waals surface area contributed by atoms with Gasteiger partial charge in [-0.05, 0) is 63.0 Å². The van der Waals surface area contributed by atoms with Gasteiger partial charge in [0.15, 0.2) is 17.3 Å². The molecule has 2 aliphatic rings. The number of piperidine rings is 1. The molecule has 12 heteroatoms. The van der Waals surface area contributed by atoms with E-state index < -0.39 is 5.79 Å². The van der Waals surface area contributed by atoms with Crippen molar-refractivity contribution in [3.05, 3.63) is 76.6 Å². The summed E-state index contributed by atoms with van der Waals surface area (Å²) in [5.74, 6) is 1.72. The highest BCUT2D eigenvalue weighted by Gasteiger charge is 2.42. The van der Waals surface area contributed by atoms with Crippen LogP contribution in [0.5, 0.6) is 11.5 Å². The van der Waals surface area contributed by atoms with Crippen LogP contribution in [0, 0.1) is 0 Å². The second-order valence-corrected chi connectivity index (χ2v) is 11.4. The Morgan fingerprint density at radius 1 is 1.21 bits per heavy atom. The van der Waals surface area contributed by atoms with E-state index in [2.05, 4.69) is 30.7 Å². The maximum Gasteiger partial charge on any atom is 0.292 e. The van der Waals surface area contributed by atoms with Crippen LogP contribution in [-0.2, 0) is 23.6 Å². The van der Waals surface area contributed by atoms with Crippen molar-refractivity contribution in [1.82, 2.24) is 24.4 Å². The summed E-state index contributed by atoms with van der Waals surface area (Å²) in [6.45, 7) is 7.04. The van der Waals surface area contributed by atoms with Gasteiger partial charge in [-0.2, -0.15) is 0 Å². The number of likely N-dealkylation sites (tertiary alicyclic amines) is 1. The topological polar surface area (TPSA) is 133 Å². The average Bonchev–Trinajstić information content (AvgIpc) is 3.53. The Morgan fingerprint density at radius 2 is 2.02 bits per heavy atom. The fourth-order valence-electron chi connectivity index (χ4n) is 5.74. The van der Waals surface area contributed by atoms with E-state index in [1.54, 1.807) is 31.6 Å². The summed E-state index contributed by atoms with van der Waals surface area (Å²) in [5, 5.41) is 12.7. The minimum Gasteiger partial charge on any atom is -0.443 e. The van der Waals surface area contributed by atoms with Crippen molar-refractivity contribution in [3.8, 4) is 11.5 Å². The molecule has 5 heterocycles. The lowest BCUT2D eigenvalue weighted by Crippen LogP contribution is -2.34. The number of hydrogen-bond donors (Lipinski definition) is 2. The number of fused-ring (bicyclic) bond motifs is 2. The quantitative estimate of drug-likeness (QED) is 0.130. The van der Waals surface area contributed by atoms with E-state index in [0.717, 1.165) is 59.9 Å². The second kappa shape index (κ2) is 11.4. The van der Waals surface area contributed by atoms with Crippen molar-refractivity contribution < 1.29 is 19.4 Å². The molecule has 0 aliphatic carbocycles. The van der Waals surface area contributed by atoms with Gasteiger partial charge in [-0.25, -0.2) is 4.98 Å². The number of ether oxygens (including phenoxy) is 3. The van der Waals surface area contributed by atoms with Gasteiger partial charge in [0.2, 0.25) is 0 Å². The van der Waals surface area contributed by atoms with Crippen molar-refractivity contribution in [2.24, 2.45) is 10.9 Å². The van der Waals surface area contributed by atoms with Crippen LogP contribution in [0.25, 0.3) is 11.0 Å². The molecule has 4 aromatic rings. The van der Waals surface area contributed by atoms with E-state index in [0.29, 0.717) is 35.4 Å². The molecular weight excluding hydrogens is 558 g/mol. The Morgan fingerprint density at radius 3 is 2.74 bits per heavy atom. The Hall–Kier alpha value is -3.93. The summed E-state index contributed by atoms with van der Waals surface area (Å²) in [7, 11) is 1.70. The number of aromatic nitrogens is 4. The number of amidine groups is 1. The smallest absolute Gasteiger partial charge is 0.292 e. The van der Waals surface area contributed by atoms with Gasteiger partial charge in [-0.3, -0.25) is 14.9 Å². The number of imidazole rings is 1. The fraction of sp³-hybridized carbons (Fsp3) is 0.400. The molecule has 42 heavy (non-hydrogen) atoms. The first-order valence-corrected chi connectivity index (χ1v) is 14.4. The number of nitrogens with zero attached hydrogens (tertiary/aromatic N) is 6. The Labute approximate surface area is 248 Å². The van der Waals surface area contributed by atoms with Gasteiger partial charge in [-0.15, -0.1) is 0 Å². The number of rotatable bonds is 8. The summed E-state index contributed by atoms with van der Waals surface area (Å²) in [4.78, 5) is 16.2. The van der Waals surface area contributed by atoms with Gasteiger partial charge in [0.25, 0.3) is 5.79 Å². The molecule has 0 saturated carbocycles. The highest BCUT2D eigenvalue weighted by Crippen LogP contribution is 2.49. The first-order valence-electron chi connectivity index (χ1n) is 14.0. The number of hydrogen-bond acceptors (Lipinski definition) is 9. The molecule has 1 fully saturated rings. The molecule has 3 N–H and O–H groups in total. The largest absolute Gasteiger partial charge is 0.443 e. The van der Waals surface area contributed by atoms with E-state index in [-0.39, 0.29) is 11.9 Å². The highest BCUT2D eigenvalue weighted by molar-refractivity contribution is 6.30. The van der Waals surface area contributed by atoms with Gasteiger partial charge in [0, 0.05) is 25.8 Å².